The lowest BCUT2D eigenvalue weighted by molar-refractivity contribution is -0.138. The number of nitrogens with zero attached hydrogens (tertiary/aromatic N) is 3. The van der Waals surface area contributed by atoms with Crippen LogP contribution in [0.2, 0.25) is 5.02 Å². The highest BCUT2D eigenvalue weighted by Crippen LogP contribution is 2.10. The van der Waals surface area contributed by atoms with Crippen LogP contribution in [0.25, 0.3) is 0 Å². The second-order valence-corrected chi connectivity index (χ2v) is 4.62. The molecule has 1 aromatic heterocycles. The number of aromatic nitrogens is 3. The molecule has 2 aromatic rings. The first-order valence-electron chi connectivity index (χ1n) is 5.66. The molecule has 7 heteroatoms. The molecule has 0 amide bonds. The van der Waals surface area contributed by atoms with Gasteiger partial charge in [-0.05, 0) is 17.7 Å². The Balaban J connectivity index is 2.01. The summed E-state index contributed by atoms with van der Waals surface area (Å²) < 4.78 is 1.63. The van der Waals surface area contributed by atoms with Crippen LogP contribution in [0, 0.1) is 0 Å². The van der Waals surface area contributed by atoms with Gasteiger partial charge in [-0.15, -0.1) is 5.10 Å². The van der Waals surface area contributed by atoms with E-state index in [0.29, 0.717) is 17.3 Å². The Morgan fingerprint density at radius 2 is 2.11 bits per heavy atom. The third-order valence-electron chi connectivity index (χ3n) is 2.59. The Morgan fingerprint density at radius 1 is 1.42 bits per heavy atom. The fourth-order valence-corrected chi connectivity index (χ4v) is 1.72. The van der Waals surface area contributed by atoms with E-state index in [1.54, 1.807) is 23.0 Å². The molecule has 0 saturated heterocycles. The first-order valence-corrected chi connectivity index (χ1v) is 6.04. The van der Waals surface area contributed by atoms with Gasteiger partial charge >= 0.3 is 5.97 Å². The van der Waals surface area contributed by atoms with Crippen molar-refractivity contribution >= 4 is 17.6 Å². The molecule has 0 aliphatic carbocycles. The predicted octanol–water partition coefficient (Wildman–Crippen LogP) is 0.934. The lowest BCUT2D eigenvalue weighted by atomic mass is 10.2. The van der Waals surface area contributed by atoms with Crippen LogP contribution in [-0.2, 0) is 17.8 Å². The van der Waals surface area contributed by atoms with Gasteiger partial charge in [0.05, 0.1) is 12.2 Å². The number of rotatable bonds is 5. The van der Waals surface area contributed by atoms with Crippen molar-refractivity contribution in [3.63, 3.8) is 0 Å². The minimum atomic E-state index is -1.05. The number of halogens is 1. The summed E-state index contributed by atoms with van der Waals surface area (Å²) in [7, 11) is 0. The van der Waals surface area contributed by atoms with Crippen molar-refractivity contribution in [2.24, 2.45) is 5.73 Å². The topological polar surface area (TPSA) is 94.0 Å². The monoisotopic (exact) mass is 280 g/mol. The smallest absolute Gasteiger partial charge is 0.320 e. The molecule has 100 valence electrons. The van der Waals surface area contributed by atoms with Crippen LogP contribution in [0.1, 0.15) is 11.3 Å². The SMILES string of the molecule is NC(Cc1cn(Cc2ccc(Cl)cc2)nn1)C(=O)O. The average molecular weight is 281 g/mol. The summed E-state index contributed by atoms with van der Waals surface area (Å²) in [4.78, 5) is 10.6. The second kappa shape index (κ2) is 5.81. The van der Waals surface area contributed by atoms with Gasteiger partial charge in [0.1, 0.15) is 6.04 Å². The Morgan fingerprint density at radius 3 is 2.74 bits per heavy atom. The summed E-state index contributed by atoms with van der Waals surface area (Å²) in [5, 5.41) is 17.2. The lowest BCUT2D eigenvalue weighted by Gasteiger charge is -2.02. The van der Waals surface area contributed by atoms with E-state index in [0.717, 1.165) is 5.56 Å². The van der Waals surface area contributed by atoms with Crippen molar-refractivity contribution in [2.75, 3.05) is 0 Å². The van der Waals surface area contributed by atoms with Crippen LogP contribution in [-0.4, -0.2) is 32.1 Å². The molecular weight excluding hydrogens is 268 g/mol. The summed E-state index contributed by atoms with van der Waals surface area (Å²) in [6.07, 6.45) is 1.85. The maximum absolute atomic E-state index is 10.6. The van der Waals surface area contributed by atoms with Crippen LogP contribution in [0.5, 0.6) is 0 Å². The molecule has 1 unspecified atom stereocenters. The van der Waals surface area contributed by atoms with Gasteiger partial charge < -0.3 is 10.8 Å². The minimum absolute atomic E-state index is 0.163. The molecular formula is C12H13ClN4O2. The van der Waals surface area contributed by atoms with Crippen molar-refractivity contribution < 1.29 is 9.90 Å². The number of nitrogens with two attached hydrogens (primary N) is 1. The van der Waals surface area contributed by atoms with Crippen LogP contribution in [0.3, 0.4) is 0 Å². The average Bonchev–Trinajstić information content (AvgIpc) is 2.79. The summed E-state index contributed by atoms with van der Waals surface area (Å²) in [6.45, 7) is 0.548. The summed E-state index contributed by atoms with van der Waals surface area (Å²) in [5.74, 6) is -1.05. The molecule has 0 saturated carbocycles. The summed E-state index contributed by atoms with van der Waals surface area (Å²) >= 11 is 5.80. The molecule has 0 spiro atoms. The van der Waals surface area contributed by atoms with E-state index >= 15 is 0 Å². The quantitative estimate of drug-likeness (QED) is 0.850. The number of carboxylic acid groups (broad SMARTS) is 1. The fraction of sp³-hybridized carbons (Fsp3) is 0.250. The Kier molecular flexibility index (Phi) is 4.13. The Bertz CT molecular complexity index is 567. The zero-order valence-electron chi connectivity index (χ0n) is 10.0. The van der Waals surface area contributed by atoms with E-state index in [-0.39, 0.29) is 6.42 Å². The maximum atomic E-state index is 10.6. The molecule has 3 N–H and O–H groups in total. The maximum Gasteiger partial charge on any atom is 0.320 e. The number of benzene rings is 1. The van der Waals surface area contributed by atoms with Gasteiger partial charge in [-0.1, -0.05) is 28.9 Å². The second-order valence-electron chi connectivity index (χ2n) is 4.18. The number of hydrogen-bond donors (Lipinski definition) is 2. The zero-order valence-corrected chi connectivity index (χ0v) is 10.8. The van der Waals surface area contributed by atoms with Gasteiger partial charge in [-0.3, -0.25) is 4.79 Å². The fourth-order valence-electron chi connectivity index (χ4n) is 1.60. The summed E-state index contributed by atoms with van der Waals surface area (Å²) in [6, 6.07) is 6.43. The minimum Gasteiger partial charge on any atom is -0.480 e. The molecule has 0 fully saturated rings. The van der Waals surface area contributed by atoms with E-state index < -0.39 is 12.0 Å². The van der Waals surface area contributed by atoms with Gasteiger partial charge in [0.25, 0.3) is 0 Å². The van der Waals surface area contributed by atoms with E-state index in [4.69, 9.17) is 22.4 Å². The van der Waals surface area contributed by atoms with Crippen LogP contribution in [0.4, 0.5) is 0 Å². The largest absolute Gasteiger partial charge is 0.480 e. The predicted molar refractivity (Wildman–Crippen MR) is 69.9 cm³/mol. The molecule has 0 aliphatic heterocycles. The number of carboxylic acids is 1. The van der Waals surface area contributed by atoms with Crippen LogP contribution >= 0.6 is 11.6 Å². The zero-order chi connectivity index (χ0) is 13.8. The molecule has 1 atom stereocenters. The molecule has 1 aromatic carbocycles. The molecule has 0 radical (unpaired) electrons. The van der Waals surface area contributed by atoms with Crippen LogP contribution < -0.4 is 5.73 Å². The number of carbonyl (C=O) groups is 1. The molecule has 0 bridgehead atoms. The van der Waals surface area contributed by atoms with Gasteiger partial charge in [0.15, 0.2) is 0 Å². The van der Waals surface area contributed by atoms with E-state index in [1.165, 1.54) is 0 Å². The van der Waals surface area contributed by atoms with Crippen molar-refractivity contribution in [1.82, 2.24) is 15.0 Å². The number of hydrogen-bond acceptors (Lipinski definition) is 4. The first-order chi connectivity index (χ1) is 9.04. The highest BCUT2D eigenvalue weighted by molar-refractivity contribution is 6.30. The van der Waals surface area contributed by atoms with Gasteiger partial charge in [0.2, 0.25) is 0 Å². The molecule has 19 heavy (non-hydrogen) atoms. The van der Waals surface area contributed by atoms with E-state index in [9.17, 15) is 4.79 Å². The Labute approximate surface area is 114 Å². The van der Waals surface area contributed by atoms with Crippen molar-refractivity contribution in [1.29, 1.82) is 0 Å². The molecule has 6 nitrogen and oxygen atoms in total. The first kappa shape index (κ1) is 13.5. The molecule has 2 rings (SSSR count). The van der Waals surface area contributed by atoms with Crippen molar-refractivity contribution in [3.05, 3.63) is 46.7 Å². The third-order valence-corrected chi connectivity index (χ3v) is 2.84. The van der Waals surface area contributed by atoms with Crippen molar-refractivity contribution in [2.45, 2.75) is 19.0 Å². The van der Waals surface area contributed by atoms with Crippen molar-refractivity contribution in [3.8, 4) is 0 Å². The van der Waals surface area contributed by atoms with Gasteiger partial charge in [0, 0.05) is 17.6 Å². The standard InChI is InChI=1S/C12H13ClN4O2/c13-9-3-1-8(2-4-9)6-17-7-10(15-16-17)5-11(14)12(18)19/h1-4,7,11H,5-6,14H2,(H,18,19). The normalized spacial score (nSPS) is 12.3. The third kappa shape index (κ3) is 3.77. The van der Waals surface area contributed by atoms with Crippen LogP contribution in [0.15, 0.2) is 30.5 Å². The van der Waals surface area contributed by atoms with E-state index in [2.05, 4.69) is 10.3 Å². The lowest BCUT2D eigenvalue weighted by Crippen LogP contribution is -2.32. The number of aliphatic carboxylic acids is 1. The Hall–Kier alpha value is -1.92. The van der Waals surface area contributed by atoms with E-state index in [1.807, 2.05) is 12.1 Å². The summed E-state index contributed by atoms with van der Waals surface area (Å²) in [5.41, 5.74) is 7.03. The molecule has 0 aliphatic rings. The van der Waals surface area contributed by atoms with Gasteiger partial charge in [-0.2, -0.15) is 0 Å². The highest BCUT2D eigenvalue weighted by Gasteiger charge is 2.14. The van der Waals surface area contributed by atoms with Gasteiger partial charge in [-0.25, -0.2) is 4.68 Å². The highest BCUT2D eigenvalue weighted by atomic mass is 35.5. The molecule has 1 heterocycles.